The van der Waals surface area contributed by atoms with Gasteiger partial charge in [0.15, 0.2) is 0 Å². The molecule has 0 unspecified atom stereocenters. The molecule has 0 amide bonds. The molecule has 0 radical (unpaired) electrons. The Morgan fingerprint density at radius 1 is 1.12 bits per heavy atom. The van der Waals surface area contributed by atoms with Crippen LogP contribution in [0.2, 0.25) is 0 Å². The summed E-state index contributed by atoms with van der Waals surface area (Å²) in [7, 11) is -5.86. The molecule has 94 valence electrons. The Labute approximate surface area is 96.9 Å². The molecule has 0 bridgehead atoms. The van der Waals surface area contributed by atoms with Gasteiger partial charge in [-0.3, -0.25) is 0 Å². The summed E-state index contributed by atoms with van der Waals surface area (Å²) in [6.07, 6.45) is -4.58. The average Bonchev–Trinajstić information content (AvgIpc) is 2.53. The van der Waals surface area contributed by atoms with Crippen LogP contribution in [0.3, 0.4) is 0 Å². The van der Waals surface area contributed by atoms with Gasteiger partial charge in [-0.25, -0.2) is 8.96 Å². The highest BCUT2D eigenvalue weighted by atomic mass is 79.9. The third-order valence-electron chi connectivity index (χ3n) is 1.41. The summed E-state index contributed by atoms with van der Waals surface area (Å²) in [4.78, 5) is 3.07. The summed E-state index contributed by atoms with van der Waals surface area (Å²) in [5.74, 6) is 0. The van der Waals surface area contributed by atoms with Crippen molar-refractivity contribution in [3.05, 3.63) is 18.7 Å². The lowest BCUT2D eigenvalue weighted by atomic mass is 10.7. The quantitative estimate of drug-likeness (QED) is 0.777. The fourth-order valence-corrected chi connectivity index (χ4v) is 1.62. The second kappa shape index (κ2) is 4.28. The first-order valence-corrected chi connectivity index (χ1v) is 4.72. The van der Waals surface area contributed by atoms with Gasteiger partial charge in [0.1, 0.15) is 6.33 Å². The molecule has 0 aromatic carbocycles. The van der Waals surface area contributed by atoms with E-state index in [0.717, 1.165) is 6.20 Å². The van der Waals surface area contributed by atoms with Crippen LogP contribution < -0.4 is 0 Å². The zero-order valence-corrected chi connectivity index (χ0v) is 9.68. The minimum atomic E-state index is -6.17. The van der Waals surface area contributed by atoms with Crippen LogP contribution in [0.15, 0.2) is 18.7 Å². The lowest BCUT2D eigenvalue weighted by molar-refractivity contribution is -0.241. The van der Waals surface area contributed by atoms with E-state index in [2.05, 4.69) is 4.98 Å². The van der Waals surface area contributed by atoms with Crippen LogP contribution in [0, 0.1) is 0 Å². The Bertz CT molecular complexity index is 440. The van der Waals surface area contributed by atoms with Crippen LogP contribution in [0.1, 0.15) is 0 Å². The van der Waals surface area contributed by atoms with Gasteiger partial charge >= 0.3 is 21.5 Å². The zero-order chi connectivity index (χ0) is 11.9. The molecule has 0 fully saturated rings. The standard InChI is InChI=1S/C5H3F5N2O2S.BrH/c6-4(7,8)5(9,10)15(13,14)12-2-1-11-3-12;/h1-3H;1H. The van der Waals surface area contributed by atoms with Gasteiger partial charge in [0.2, 0.25) is 0 Å². The van der Waals surface area contributed by atoms with Crippen molar-refractivity contribution in [2.45, 2.75) is 11.4 Å². The molecular formula is C5H4BrF5N2O2S. The van der Waals surface area contributed by atoms with Gasteiger partial charge in [0, 0.05) is 12.4 Å². The Balaban J connectivity index is 0.00000225. The molecule has 0 saturated heterocycles. The van der Waals surface area contributed by atoms with Crippen molar-refractivity contribution in [3.63, 3.8) is 0 Å². The fourth-order valence-electron chi connectivity index (χ4n) is 0.668. The predicted octanol–water partition coefficient (Wildman–Crippen LogP) is 1.79. The second-order valence-corrected chi connectivity index (χ2v) is 4.30. The highest BCUT2D eigenvalue weighted by Gasteiger charge is 2.68. The lowest BCUT2D eigenvalue weighted by Gasteiger charge is -2.19. The van der Waals surface area contributed by atoms with E-state index in [4.69, 9.17) is 0 Å². The van der Waals surface area contributed by atoms with Crippen LogP contribution in [0.25, 0.3) is 0 Å². The SMILES string of the molecule is Br.O=S(=O)(n1ccnc1)C(F)(F)C(F)(F)F. The number of rotatable bonds is 2. The molecule has 1 rings (SSSR count). The monoisotopic (exact) mass is 330 g/mol. The van der Waals surface area contributed by atoms with Crippen LogP contribution in [-0.4, -0.2) is 28.8 Å². The minimum absolute atomic E-state index is 0. The summed E-state index contributed by atoms with van der Waals surface area (Å²) in [6.45, 7) is 0. The van der Waals surface area contributed by atoms with E-state index in [1.165, 1.54) is 0 Å². The van der Waals surface area contributed by atoms with Gasteiger partial charge in [0.05, 0.1) is 0 Å². The number of hydrogen-bond acceptors (Lipinski definition) is 3. The van der Waals surface area contributed by atoms with Crippen LogP contribution in [0.5, 0.6) is 0 Å². The topological polar surface area (TPSA) is 52.0 Å². The summed E-state index contributed by atoms with van der Waals surface area (Å²) >= 11 is 0. The smallest absolute Gasteiger partial charge is 0.244 e. The highest BCUT2D eigenvalue weighted by Crippen LogP contribution is 2.40. The van der Waals surface area contributed by atoms with Crippen LogP contribution in [0.4, 0.5) is 22.0 Å². The van der Waals surface area contributed by atoms with Crippen molar-refractivity contribution in [1.82, 2.24) is 8.96 Å². The van der Waals surface area contributed by atoms with Crippen molar-refractivity contribution in [3.8, 4) is 0 Å². The van der Waals surface area contributed by atoms with E-state index in [0.29, 0.717) is 12.5 Å². The van der Waals surface area contributed by atoms with Crippen molar-refractivity contribution in [1.29, 1.82) is 0 Å². The first-order chi connectivity index (χ1) is 6.61. The molecule has 1 aromatic rings. The van der Waals surface area contributed by atoms with Crippen molar-refractivity contribution < 1.29 is 30.4 Å². The molecule has 0 saturated carbocycles. The maximum atomic E-state index is 12.5. The first-order valence-electron chi connectivity index (χ1n) is 3.28. The minimum Gasteiger partial charge on any atom is -0.244 e. The molecule has 0 atom stereocenters. The summed E-state index contributed by atoms with van der Waals surface area (Å²) < 4.78 is 81.6. The third-order valence-corrected chi connectivity index (χ3v) is 3.06. The number of imidazole rings is 1. The number of nitrogens with zero attached hydrogens (tertiary/aromatic N) is 2. The Hall–Kier alpha value is -0.710. The summed E-state index contributed by atoms with van der Waals surface area (Å²) in [5, 5.41) is -5.85. The molecular weight excluding hydrogens is 327 g/mol. The number of halogens is 6. The largest absolute Gasteiger partial charge is 0.471 e. The third kappa shape index (κ3) is 2.19. The van der Waals surface area contributed by atoms with Gasteiger partial charge in [-0.1, -0.05) is 0 Å². The van der Waals surface area contributed by atoms with E-state index < -0.39 is 21.5 Å². The number of alkyl halides is 5. The molecule has 1 aromatic heterocycles. The molecule has 0 aliphatic carbocycles. The van der Waals surface area contributed by atoms with E-state index in [1.807, 2.05) is 0 Å². The Morgan fingerprint density at radius 3 is 1.94 bits per heavy atom. The number of hydrogen-bond donors (Lipinski definition) is 0. The van der Waals surface area contributed by atoms with Crippen molar-refractivity contribution in [2.24, 2.45) is 0 Å². The molecule has 16 heavy (non-hydrogen) atoms. The van der Waals surface area contributed by atoms with E-state index in [9.17, 15) is 30.4 Å². The maximum absolute atomic E-state index is 12.5. The summed E-state index contributed by atoms with van der Waals surface area (Å²) in [6, 6.07) is 0. The molecule has 0 aliphatic rings. The average molecular weight is 331 g/mol. The van der Waals surface area contributed by atoms with Crippen LogP contribution in [-0.2, 0) is 10.0 Å². The van der Waals surface area contributed by atoms with Gasteiger partial charge in [0.25, 0.3) is 0 Å². The van der Waals surface area contributed by atoms with E-state index in [1.54, 1.807) is 0 Å². The normalized spacial score (nSPS) is 13.3. The maximum Gasteiger partial charge on any atom is 0.471 e. The number of aromatic nitrogens is 2. The van der Waals surface area contributed by atoms with E-state index >= 15 is 0 Å². The molecule has 1 heterocycles. The molecule has 0 N–H and O–H groups in total. The highest BCUT2D eigenvalue weighted by molar-refractivity contribution is 8.93. The van der Waals surface area contributed by atoms with Gasteiger partial charge in [-0.05, 0) is 0 Å². The second-order valence-electron chi connectivity index (χ2n) is 2.41. The molecule has 11 heteroatoms. The zero-order valence-electron chi connectivity index (χ0n) is 7.15. The lowest BCUT2D eigenvalue weighted by Crippen LogP contribution is -2.46. The molecule has 4 nitrogen and oxygen atoms in total. The van der Waals surface area contributed by atoms with Crippen molar-refractivity contribution >= 4 is 27.0 Å². The Morgan fingerprint density at radius 2 is 1.62 bits per heavy atom. The van der Waals surface area contributed by atoms with Gasteiger partial charge < -0.3 is 0 Å². The predicted molar refractivity (Wildman–Crippen MR) is 47.9 cm³/mol. The fraction of sp³-hybridized carbons (Fsp3) is 0.400. The molecule has 0 spiro atoms. The first kappa shape index (κ1) is 15.3. The van der Waals surface area contributed by atoms with Crippen molar-refractivity contribution in [2.75, 3.05) is 0 Å². The van der Waals surface area contributed by atoms with E-state index in [-0.39, 0.29) is 21.0 Å². The van der Waals surface area contributed by atoms with Gasteiger partial charge in [-0.2, -0.15) is 30.4 Å². The van der Waals surface area contributed by atoms with Gasteiger partial charge in [-0.15, -0.1) is 17.0 Å². The van der Waals surface area contributed by atoms with Crippen LogP contribution >= 0.6 is 17.0 Å². The molecule has 0 aliphatic heterocycles. The Kier molecular flexibility index (Phi) is 4.09. The summed E-state index contributed by atoms with van der Waals surface area (Å²) in [5.41, 5.74) is 0.